The van der Waals surface area contributed by atoms with Crippen molar-refractivity contribution < 1.29 is 27.7 Å². The zero-order chi connectivity index (χ0) is 34.2. The molecule has 47 heavy (non-hydrogen) atoms. The van der Waals surface area contributed by atoms with Gasteiger partial charge in [0.25, 0.3) is 15.7 Å². The van der Waals surface area contributed by atoms with Crippen LogP contribution in [0.5, 0.6) is 5.75 Å². The highest BCUT2D eigenvalue weighted by molar-refractivity contribution is 7.92. The minimum atomic E-state index is -4.40. The van der Waals surface area contributed by atoms with E-state index in [0.717, 1.165) is 15.9 Å². The first-order chi connectivity index (χ1) is 22.3. The molecule has 4 aromatic carbocycles. The first-order valence-corrected chi connectivity index (χ1v) is 16.3. The van der Waals surface area contributed by atoms with Gasteiger partial charge in [0.05, 0.1) is 22.6 Å². The molecule has 0 aliphatic heterocycles. The molecule has 12 heteroatoms. The SMILES string of the molecule is COc1cccc(CN(C(=O)CN(c2cccc([N+](=O)[O-])c2)S(=O)(=O)c2ccccc2)[C@@H](Cc2ccccc2)C(=O)NC(C)(C)C)c1. The molecule has 0 spiro atoms. The number of carbonyl (C=O) groups is 2. The van der Waals surface area contributed by atoms with Gasteiger partial charge in [-0.2, -0.15) is 0 Å². The van der Waals surface area contributed by atoms with Crippen molar-refractivity contribution >= 4 is 33.2 Å². The quantitative estimate of drug-likeness (QED) is 0.151. The van der Waals surface area contributed by atoms with Crippen molar-refractivity contribution in [3.8, 4) is 5.75 Å². The lowest BCUT2D eigenvalue weighted by atomic mass is 10.0. The van der Waals surface area contributed by atoms with Crippen molar-refractivity contribution in [2.45, 2.75) is 50.2 Å². The van der Waals surface area contributed by atoms with E-state index in [-0.39, 0.29) is 29.2 Å². The van der Waals surface area contributed by atoms with Crippen LogP contribution in [0.1, 0.15) is 31.9 Å². The van der Waals surface area contributed by atoms with Crippen LogP contribution in [-0.4, -0.2) is 55.3 Å². The van der Waals surface area contributed by atoms with Gasteiger partial charge in [0, 0.05) is 30.6 Å². The summed E-state index contributed by atoms with van der Waals surface area (Å²) in [5.41, 5.74) is 0.381. The van der Waals surface area contributed by atoms with Gasteiger partial charge in [-0.1, -0.05) is 66.7 Å². The maximum atomic E-state index is 14.6. The summed E-state index contributed by atoms with van der Waals surface area (Å²) >= 11 is 0. The van der Waals surface area contributed by atoms with E-state index in [9.17, 15) is 28.1 Å². The van der Waals surface area contributed by atoms with Crippen LogP contribution in [0.2, 0.25) is 0 Å². The van der Waals surface area contributed by atoms with Crippen LogP contribution in [-0.2, 0) is 32.6 Å². The number of rotatable bonds is 13. The fraction of sp³-hybridized carbons (Fsp3) is 0.257. The van der Waals surface area contributed by atoms with E-state index < -0.39 is 44.9 Å². The molecule has 11 nitrogen and oxygen atoms in total. The zero-order valence-electron chi connectivity index (χ0n) is 26.7. The summed E-state index contributed by atoms with van der Waals surface area (Å²) in [6.45, 7) is 4.69. The molecular weight excluding hydrogens is 620 g/mol. The van der Waals surface area contributed by atoms with E-state index in [1.807, 2.05) is 51.1 Å². The second-order valence-electron chi connectivity index (χ2n) is 11.9. The number of benzene rings is 4. The molecule has 0 aliphatic carbocycles. The van der Waals surface area contributed by atoms with Crippen LogP contribution in [0.15, 0.2) is 114 Å². The average molecular weight is 659 g/mol. The van der Waals surface area contributed by atoms with Crippen LogP contribution in [0, 0.1) is 10.1 Å². The number of nitrogens with one attached hydrogen (secondary N) is 1. The van der Waals surface area contributed by atoms with Gasteiger partial charge >= 0.3 is 0 Å². The number of hydrogen-bond donors (Lipinski definition) is 1. The van der Waals surface area contributed by atoms with Crippen molar-refractivity contribution in [2.75, 3.05) is 18.0 Å². The molecular formula is C35H38N4O7S. The molecule has 0 saturated heterocycles. The number of nitrogens with zero attached hydrogens (tertiary/aromatic N) is 3. The fourth-order valence-corrected chi connectivity index (χ4v) is 6.41. The molecule has 0 unspecified atom stereocenters. The van der Waals surface area contributed by atoms with Gasteiger partial charge in [0.1, 0.15) is 18.3 Å². The molecule has 0 radical (unpaired) electrons. The van der Waals surface area contributed by atoms with Crippen LogP contribution in [0.3, 0.4) is 0 Å². The largest absolute Gasteiger partial charge is 0.497 e. The summed E-state index contributed by atoms with van der Waals surface area (Å²) in [4.78, 5) is 40.8. The molecule has 0 bridgehead atoms. The predicted molar refractivity (Wildman–Crippen MR) is 179 cm³/mol. The number of methoxy groups -OCH3 is 1. The van der Waals surface area contributed by atoms with Gasteiger partial charge in [0.15, 0.2) is 0 Å². The Kier molecular flexibility index (Phi) is 11.0. The van der Waals surface area contributed by atoms with Crippen molar-refractivity contribution in [1.82, 2.24) is 10.2 Å². The van der Waals surface area contributed by atoms with Crippen molar-refractivity contribution in [1.29, 1.82) is 0 Å². The molecule has 2 amide bonds. The zero-order valence-corrected chi connectivity index (χ0v) is 27.5. The summed E-state index contributed by atoms with van der Waals surface area (Å²) in [7, 11) is -2.88. The lowest BCUT2D eigenvalue weighted by Gasteiger charge is -2.35. The first-order valence-electron chi connectivity index (χ1n) is 14.9. The van der Waals surface area contributed by atoms with Gasteiger partial charge in [-0.15, -0.1) is 0 Å². The van der Waals surface area contributed by atoms with Crippen molar-refractivity contribution in [3.05, 3.63) is 130 Å². The first kappa shape index (κ1) is 34.6. The van der Waals surface area contributed by atoms with Gasteiger partial charge < -0.3 is 15.0 Å². The third-order valence-corrected chi connectivity index (χ3v) is 8.98. The second-order valence-corrected chi connectivity index (χ2v) is 13.8. The van der Waals surface area contributed by atoms with Crippen molar-refractivity contribution in [2.24, 2.45) is 0 Å². The van der Waals surface area contributed by atoms with E-state index in [0.29, 0.717) is 11.3 Å². The summed E-state index contributed by atoms with van der Waals surface area (Å²) in [6.07, 6.45) is 0.140. The Hall–Kier alpha value is -5.23. The number of carbonyl (C=O) groups excluding carboxylic acids is 2. The Bertz CT molecular complexity index is 1810. The molecule has 0 heterocycles. The van der Waals surface area contributed by atoms with E-state index in [1.54, 1.807) is 42.5 Å². The summed E-state index contributed by atoms with van der Waals surface area (Å²) < 4.78 is 34.4. The molecule has 1 N–H and O–H groups in total. The molecule has 0 aliphatic rings. The van der Waals surface area contributed by atoms with Crippen molar-refractivity contribution in [3.63, 3.8) is 0 Å². The standard InChI is InChI=1S/C35H38N4O7S/c1-35(2,3)36-34(41)32(22-26-13-7-5-8-14-26)37(24-27-15-11-18-30(21-27)46-4)33(40)25-38(28-16-12-17-29(23-28)39(42)43)47(44,45)31-19-9-6-10-20-31/h5-21,23,32H,22,24-25H2,1-4H3,(H,36,41)/t32-/m0/s1. The highest BCUT2D eigenvalue weighted by Gasteiger charge is 2.36. The number of non-ortho nitro benzene ring substituents is 1. The molecule has 0 fully saturated rings. The fourth-order valence-electron chi connectivity index (χ4n) is 4.98. The minimum Gasteiger partial charge on any atom is -0.497 e. The van der Waals surface area contributed by atoms with Crippen LogP contribution in [0.25, 0.3) is 0 Å². The summed E-state index contributed by atoms with van der Waals surface area (Å²) in [5, 5.41) is 14.6. The maximum absolute atomic E-state index is 14.6. The van der Waals surface area contributed by atoms with Gasteiger partial charge in [-0.05, 0) is 62.2 Å². The average Bonchev–Trinajstić information content (AvgIpc) is 3.05. The van der Waals surface area contributed by atoms with Gasteiger partial charge in [0.2, 0.25) is 11.8 Å². The highest BCUT2D eigenvalue weighted by atomic mass is 32.2. The summed E-state index contributed by atoms with van der Waals surface area (Å²) in [6, 6.07) is 27.8. The third kappa shape index (κ3) is 9.17. The number of nitro benzene ring substituents is 1. The number of sulfonamides is 1. The van der Waals surface area contributed by atoms with Gasteiger partial charge in [-0.25, -0.2) is 8.42 Å². The van der Waals surface area contributed by atoms with E-state index >= 15 is 0 Å². The Balaban J connectivity index is 1.85. The Morgan fingerprint density at radius 1 is 0.872 bits per heavy atom. The topological polar surface area (TPSA) is 139 Å². The monoisotopic (exact) mass is 658 g/mol. The number of hydrogen-bond acceptors (Lipinski definition) is 7. The highest BCUT2D eigenvalue weighted by Crippen LogP contribution is 2.28. The number of amides is 2. The smallest absolute Gasteiger partial charge is 0.271 e. The molecule has 0 saturated carbocycles. The molecule has 1 atom stereocenters. The number of anilines is 1. The van der Waals surface area contributed by atoms with Crippen LogP contribution in [0.4, 0.5) is 11.4 Å². The third-order valence-electron chi connectivity index (χ3n) is 7.19. The normalized spacial score (nSPS) is 12.1. The Morgan fingerprint density at radius 3 is 2.11 bits per heavy atom. The van der Waals surface area contributed by atoms with E-state index in [1.165, 1.54) is 42.3 Å². The lowest BCUT2D eigenvalue weighted by molar-refractivity contribution is -0.384. The lowest BCUT2D eigenvalue weighted by Crippen LogP contribution is -2.56. The molecule has 0 aromatic heterocycles. The summed E-state index contributed by atoms with van der Waals surface area (Å²) in [5.74, 6) is -0.576. The number of nitro groups is 1. The Labute approximate surface area is 275 Å². The van der Waals surface area contributed by atoms with Crippen LogP contribution < -0.4 is 14.4 Å². The number of ether oxygens (including phenoxy) is 1. The minimum absolute atomic E-state index is 0.0563. The van der Waals surface area contributed by atoms with E-state index in [4.69, 9.17) is 4.74 Å². The van der Waals surface area contributed by atoms with Crippen LogP contribution >= 0.6 is 0 Å². The second kappa shape index (κ2) is 14.9. The van der Waals surface area contributed by atoms with Gasteiger partial charge in [-0.3, -0.25) is 24.0 Å². The molecule has 246 valence electrons. The molecule has 4 rings (SSSR count). The van der Waals surface area contributed by atoms with E-state index in [2.05, 4.69) is 5.32 Å². The maximum Gasteiger partial charge on any atom is 0.271 e. The molecule has 4 aromatic rings. The predicted octanol–water partition coefficient (Wildman–Crippen LogP) is 5.35. The Morgan fingerprint density at radius 2 is 1.49 bits per heavy atom.